The zero-order valence-corrected chi connectivity index (χ0v) is 4.79. The van der Waals surface area contributed by atoms with E-state index >= 15 is 0 Å². The van der Waals surface area contributed by atoms with Gasteiger partial charge in [-0.2, -0.15) is 8.78 Å². The molecule has 0 N–H and O–H groups in total. The van der Waals surface area contributed by atoms with Gasteiger partial charge in [0.25, 0.3) is 0 Å². The van der Waals surface area contributed by atoms with E-state index in [4.69, 9.17) is 0 Å². The summed E-state index contributed by atoms with van der Waals surface area (Å²) in [6, 6.07) is 0. The average molecular weight is 143 g/mol. The Labute approximate surface area is 46.4 Å². The molecular weight excluding hydrogens is 138 g/mol. The van der Waals surface area contributed by atoms with Gasteiger partial charge in [0, 0.05) is 0 Å². The molecule has 0 rings (SSSR count). The van der Waals surface area contributed by atoms with Crippen LogP contribution in [0.3, 0.4) is 0 Å². The van der Waals surface area contributed by atoms with Gasteiger partial charge in [-0.05, 0) is 6.92 Å². The first-order valence-corrected chi connectivity index (χ1v) is 3.51. The molecule has 0 saturated heterocycles. The summed E-state index contributed by atoms with van der Waals surface area (Å²) in [6.07, 6.45) is 0. The van der Waals surface area contributed by atoms with Gasteiger partial charge in [-0.1, -0.05) is 0 Å². The summed E-state index contributed by atoms with van der Waals surface area (Å²) in [5, 5.41) is 0. The second-order valence-electron chi connectivity index (χ2n) is 1.13. The lowest BCUT2D eigenvalue weighted by Crippen LogP contribution is -2.12. The van der Waals surface area contributed by atoms with Gasteiger partial charge in [0.1, 0.15) is 0 Å². The first-order chi connectivity index (χ1) is 3.50. The fourth-order valence-corrected chi connectivity index (χ4v) is 0.267. The standard InChI is InChI=1S/C3H5F2O2S/c1-2-8(6,7)3(4)5/h3H,1-2H2. The van der Waals surface area contributed by atoms with Crippen LogP contribution in [-0.2, 0) is 9.84 Å². The quantitative estimate of drug-likeness (QED) is 0.562. The first kappa shape index (κ1) is 7.81. The maximum Gasteiger partial charge on any atom is 0.336 e. The number of halogens is 2. The van der Waals surface area contributed by atoms with Crippen LogP contribution in [0.4, 0.5) is 8.78 Å². The molecule has 49 valence electrons. The summed E-state index contributed by atoms with van der Waals surface area (Å²) in [7, 11) is -4.18. The third kappa shape index (κ3) is 1.73. The molecule has 0 spiro atoms. The van der Waals surface area contributed by atoms with Crippen LogP contribution < -0.4 is 0 Å². The Morgan fingerprint density at radius 2 is 1.88 bits per heavy atom. The molecule has 0 aromatic heterocycles. The number of alkyl halides is 2. The summed E-state index contributed by atoms with van der Waals surface area (Å²) < 4.78 is 42.1. The van der Waals surface area contributed by atoms with Crippen LogP contribution in [0.2, 0.25) is 0 Å². The largest absolute Gasteiger partial charge is 0.336 e. The van der Waals surface area contributed by atoms with Crippen molar-refractivity contribution in [2.24, 2.45) is 0 Å². The van der Waals surface area contributed by atoms with Gasteiger partial charge in [0.2, 0.25) is 9.84 Å². The summed E-state index contributed by atoms with van der Waals surface area (Å²) in [5.74, 6) is -4.02. The Morgan fingerprint density at radius 1 is 1.50 bits per heavy atom. The average Bonchev–Trinajstić information content (AvgIpc) is 1.67. The minimum Gasteiger partial charge on any atom is -0.223 e. The predicted octanol–water partition coefficient (Wildman–Crippen LogP) is 0.458. The molecule has 0 aliphatic heterocycles. The van der Waals surface area contributed by atoms with Crippen LogP contribution in [-0.4, -0.2) is 19.9 Å². The number of hydrogen-bond acceptors (Lipinski definition) is 2. The third-order valence-corrected chi connectivity index (χ3v) is 1.67. The predicted molar refractivity (Wildman–Crippen MR) is 25.1 cm³/mol. The monoisotopic (exact) mass is 143 g/mol. The Kier molecular flexibility index (Phi) is 2.33. The molecule has 0 aromatic rings. The lowest BCUT2D eigenvalue weighted by Gasteiger charge is -1.94. The van der Waals surface area contributed by atoms with Gasteiger partial charge in [-0.3, -0.25) is 0 Å². The van der Waals surface area contributed by atoms with Gasteiger partial charge in [-0.15, -0.1) is 0 Å². The van der Waals surface area contributed by atoms with Crippen molar-refractivity contribution in [3.05, 3.63) is 6.92 Å². The van der Waals surface area contributed by atoms with E-state index < -0.39 is 21.3 Å². The maximum atomic E-state index is 11.2. The Morgan fingerprint density at radius 3 is 1.88 bits per heavy atom. The van der Waals surface area contributed by atoms with Crippen molar-refractivity contribution in [1.29, 1.82) is 0 Å². The molecule has 2 nitrogen and oxygen atoms in total. The Hall–Kier alpha value is -0.190. The zero-order valence-electron chi connectivity index (χ0n) is 3.97. The van der Waals surface area contributed by atoms with Crippen molar-refractivity contribution in [3.8, 4) is 0 Å². The van der Waals surface area contributed by atoms with Gasteiger partial charge in [0.05, 0.1) is 5.75 Å². The molecule has 0 aromatic carbocycles. The van der Waals surface area contributed by atoms with E-state index in [1.807, 2.05) is 0 Å². The minimum atomic E-state index is -4.18. The van der Waals surface area contributed by atoms with Crippen LogP contribution in [0.5, 0.6) is 0 Å². The fraction of sp³-hybridized carbons (Fsp3) is 0.667. The van der Waals surface area contributed by atoms with Crippen LogP contribution in [0.15, 0.2) is 0 Å². The van der Waals surface area contributed by atoms with Gasteiger partial charge >= 0.3 is 5.76 Å². The lowest BCUT2D eigenvalue weighted by molar-refractivity contribution is 0.235. The van der Waals surface area contributed by atoms with E-state index in [-0.39, 0.29) is 0 Å². The van der Waals surface area contributed by atoms with Crippen molar-refractivity contribution >= 4 is 9.84 Å². The second kappa shape index (κ2) is 2.39. The van der Waals surface area contributed by atoms with Crippen molar-refractivity contribution in [3.63, 3.8) is 0 Å². The highest BCUT2D eigenvalue weighted by Gasteiger charge is 2.20. The van der Waals surface area contributed by atoms with Gasteiger partial charge in [-0.25, -0.2) is 8.42 Å². The number of sulfone groups is 1. The Balaban J connectivity index is 4.17. The molecule has 0 heterocycles. The van der Waals surface area contributed by atoms with Gasteiger partial charge in [0.15, 0.2) is 0 Å². The van der Waals surface area contributed by atoms with E-state index in [0.717, 1.165) is 0 Å². The smallest absolute Gasteiger partial charge is 0.223 e. The number of rotatable bonds is 2. The first-order valence-electron chi connectivity index (χ1n) is 1.79. The molecule has 0 bridgehead atoms. The molecule has 8 heavy (non-hydrogen) atoms. The molecular formula is C3H5F2O2S. The summed E-state index contributed by atoms with van der Waals surface area (Å²) in [5.41, 5.74) is 0. The van der Waals surface area contributed by atoms with E-state index in [0.29, 0.717) is 0 Å². The fourth-order valence-electron chi connectivity index (χ4n) is 0.0891. The van der Waals surface area contributed by atoms with E-state index in [1.54, 1.807) is 0 Å². The summed E-state index contributed by atoms with van der Waals surface area (Å²) in [6.45, 7) is 2.81. The Bertz CT molecular complexity index is 149. The summed E-state index contributed by atoms with van der Waals surface area (Å²) >= 11 is 0. The molecule has 0 aliphatic rings. The van der Waals surface area contributed by atoms with E-state index in [9.17, 15) is 17.2 Å². The second-order valence-corrected chi connectivity index (χ2v) is 3.22. The molecule has 0 amide bonds. The SMILES string of the molecule is [CH2]CS(=O)(=O)C(F)F. The van der Waals surface area contributed by atoms with Crippen molar-refractivity contribution in [2.75, 3.05) is 5.75 Å². The van der Waals surface area contributed by atoms with Crippen LogP contribution in [0, 0.1) is 6.92 Å². The molecule has 1 radical (unpaired) electrons. The van der Waals surface area contributed by atoms with Gasteiger partial charge < -0.3 is 0 Å². The highest BCUT2D eigenvalue weighted by atomic mass is 32.2. The molecule has 0 aliphatic carbocycles. The van der Waals surface area contributed by atoms with E-state index in [1.165, 1.54) is 0 Å². The van der Waals surface area contributed by atoms with Crippen LogP contribution in [0.1, 0.15) is 0 Å². The molecule has 0 fully saturated rings. The topological polar surface area (TPSA) is 34.1 Å². The highest BCUT2D eigenvalue weighted by molar-refractivity contribution is 7.91. The minimum absolute atomic E-state index is 0.745. The number of hydrogen-bond donors (Lipinski definition) is 0. The maximum absolute atomic E-state index is 11.2. The van der Waals surface area contributed by atoms with Crippen molar-refractivity contribution in [2.45, 2.75) is 5.76 Å². The highest BCUT2D eigenvalue weighted by Crippen LogP contribution is 2.03. The lowest BCUT2D eigenvalue weighted by atomic mass is 11.0. The summed E-state index contributed by atoms with van der Waals surface area (Å²) in [4.78, 5) is 0. The van der Waals surface area contributed by atoms with Crippen molar-refractivity contribution < 1.29 is 17.2 Å². The molecule has 5 heteroatoms. The molecule has 0 atom stereocenters. The zero-order chi connectivity index (χ0) is 6.78. The van der Waals surface area contributed by atoms with Crippen LogP contribution >= 0.6 is 0 Å². The normalized spacial score (nSPS) is 12.5. The van der Waals surface area contributed by atoms with Crippen molar-refractivity contribution in [1.82, 2.24) is 0 Å². The molecule has 0 unspecified atom stereocenters. The third-order valence-electron chi connectivity index (χ3n) is 0.556. The molecule has 0 saturated carbocycles. The van der Waals surface area contributed by atoms with Crippen LogP contribution in [0.25, 0.3) is 0 Å². The van der Waals surface area contributed by atoms with E-state index in [2.05, 4.69) is 6.92 Å².